The summed E-state index contributed by atoms with van der Waals surface area (Å²) < 4.78 is 8.01. The van der Waals surface area contributed by atoms with Crippen molar-refractivity contribution in [3.8, 4) is 28.5 Å². The molecule has 8 nitrogen and oxygen atoms in total. The van der Waals surface area contributed by atoms with Gasteiger partial charge in [-0.3, -0.25) is 0 Å². The average Bonchev–Trinajstić information content (AvgIpc) is 3.52. The Bertz CT molecular complexity index is 1420. The highest BCUT2D eigenvalue weighted by molar-refractivity contribution is 5.64. The van der Waals surface area contributed by atoms with Gasteiger partial charge in [-0.15, -0.1) is 0 Å². The number of hydrogen-bond donors (Lipinski definition) is 2. The summed E-state index contributed by atoms with van der Waals surface area (Å²) in [6.07, 6.45) is 8.30. The lowest BCUT2D eigenvalue weighted by Crippen LogP contribution is -2.03. The molecule has 5 rings (SSSR count). The predicted octanol–water partition coefficient (Wildman–Crippen LogP) is 5.56. The van der Waals surface area contributed by atoms with Gasteiger partial charge in [0, 0.05) is 36.3 Å². The summed E-state index contributed by atoms with van der Waals surface area (Å²) in [4.78, 5) is 21.2. The maximum atomic E-state index is 5.93. The van der Waals surface area contributed by atoms with Crippen LogP contribution < -0.4 is 10.1 Å². The van der Waals surface area contributed by atoms with Gasteiger partial charge >= 0.3 is 0 Å². The number of aromatic nitrogens is 6. The fourth-order valence-electron chi connectivity index (χ4n) is 3.78. The minimum Gasteiger partial charge on any atom is -0.493 e. The van der Waals surface area contributed by atoms with Gasteiger partial charge in [0.15, 0.2) is 0 Å². The third-order valence-electron chi connectivity index (χ3n) is 5.48. The fraction of sp³-hybridized carbons (Fsp3) is 0.185. The molecule has 35 heavy (non-hydrogen) atoms. The van der Waals surface area contributed by atoms with E-state index < -0.39 is 0 Å². The van der Waals surface area contributed by atoms with Crippen LogP contribution in [0, 0.1) is 13.8 Å². The first-order chi connectivity index (χ1) is 17.1. The van der Waals surface area contributed by atoms with E-state index in [1.165, 1.54) is 5.56 Å². The topological polar surface area (TPSA) is 93.5 Å². The Hall–Kier alpha value is -4.46. The summed E-state index contributed by atoms with van der Waals surface area (Å²) >= 11 is 0. The lowest BCUT2D eigenvalue weighted by atomic mass is 10.1. The number of H-pyrrole nitrogens is 1. The van der Waals surface area contributed by atoms with Gasteiger partial charge in [0.1, 0.15) is 11.6 Å². The van der Waals surface area contributed by atoms with E-state index >= 15 is 0 Å². The highest BCUT2D eigenvalue weighted by atomic mass is 16.5. The number of aryl methyl sites for hydroxylation is 3. The van der Waals surface area contributed by atoms with E-state index in [0.717, 1.165) is 52.9 Å². The molecule has 176 valence electrons. The molecule has 0 saturated carbocycles. The van der Waals surface area contributed by atoms with Gasteiger partial charge in [-0.05, 0) is 44.5 Å². The molecule has 0 aliphatic rings. The van der Waals surface area contributed by atoms with Crippen molar-refractivity contribution in [3.63, 3.8) is 0 Å². The Morgan fingerprint density at radius 2 is 1.91 bits per heavy atom. The van der Waals surface area contributed by atoms with Crippen molar-refractivity contribution in [3.05, 3.63) is 90.8 Å². The smallest absolute Gasteiger partial charge is 0.227 e. The quantitative estimate of drug-likeness (QED) is 0.277. The van der Waals surface area contributed by atoms with E-state index in [9.17, 15) is 0 Å². The lowest BCUT2D eigenvalue weighted by molar-refractivity contribution is 0.302. The molecular weight excluding hydrogens is 438 g/mol. The van der Waals surface area contributed by atoms with Crippen LogP contribution in [0.2, 0.25) is 0 Å². The molecule has 8 heteroatoms. The summed E-state index contributed by atoms with van der Waals surface area (Å²) in [7, 11) is 0. The Labute approximate surface area is 204 Å². The van der Waals surface area contributed by atoms with E-state index in [0.29, 0.717) is 12.6 Å². The molecule has 0 unspecified atom stereocenters. The van der Waals surface area contributed by atoms with Crippen LogP contribution in [0.15, 0.2) is 79.5 Å². The molecule has 0 aliphatic heterocycles. The van der Waals surface area contributed by atoms with Gasteiger partial charge in [0.05, 0.1) is 36.2 Å². The molecular formula is C27H27N7O. The number of aromatic amines is 1. The van der Waals surface area contributed by atoms with Crippen molar-refractivity contribution < 1.29 is 4.74 Å². The van der Waals surface area contributed by atoms with E-state index in [4.69, 9.17) is 4.74 Å². The largest absolute Gasteiger partial charge is 0.493 e. The fourth-order valence-corrected chi connectivity index (χ4v) is 3.78. The van der Waals surface area contributed by atoms with E-state index in [1.807, 2.05) is 61.9 Å². The average molecular weight is 466 g/mol. The van der Waals surface area contributed by atoms with Crippen LogP contribution in [0.4, 0.5) is 11.6 Å². The van der Waals surface area contributed by atoms with Crippen molar-refractivity contribution in [2.24, 2.45) is 0 Å². The molecule has 2 aromatic carbocycles. The molecule has 0 aliphatic carbocycles. The van der Waals surface area contributed by atoms with Crippen LogP contribution >= 0.6 is 0 Å². The van der Waals surface area contributed by atoms with E-state index in [1.54, 1.807) is 12.4 Å². The van der Waals surface area contributed by atoms with Gasteiger partial charge < -0.3 is 19.6 Å². The van der Waals surface area contributed by atoms with Crippen LogP contribution in [0.3, 0.4) is 0 Å². The molecule has 3 heterocycles. The Morgan fingerprint density at radius 1 is 1.00 bits per heavy atom. The van der Waals surface area contributed by atoms with Crippen molar-refractivity contribution in [1.29, 1.82) is 0 Å². The standard InChI is InChI=1S/C27H27N7O/c1-19-6-3-7-21(14-19)26-29-16-25(32-26)24-10-11-28-27(33-24)31-22-8-4-9-23(15-22)35-13-5-12-34-17-20(2)30-18-34/h3-4,6-11,14-18H,5,12-13H2,1-2H3,(H,29,32)(H,28,31,33). The number of benzene rings is 2. The summed E-state index contributed by atoms with van der Waals surface area (Å²) in [5.74, 6) is 2.11. The number of imidazole rings is 2. The number of nitrogens with zero attached hydrogens (tertiary/aromatic N) is 5. The van der Waals surface area contributed by atoms with Crippen molar-refractivity contribution in [2.75, 3.05) is 11.9 Å². The number of ether oxygens (including phenoxy) is 1. The molecule has 0 spiro atoms. The van der Waals surface area contributed by atoms with E-state index in [2.05, 4.69) is 53.9 Å². The first-order valence-corrected chi connectivity index (χ1v) is 11.6. The molecule has 0 atom stereocenters. The summed E-state index contributed by atoms with van der Waals surface area (Å²) in [6.45, 7) is 5.55. The van der Waals surface area contributed by atoms with Gasteiger partial charge in [-0.1, -0.05) is 29.8 Å². The summed E-state index contributed by atoms with van der Waals surface area (Å²) in [5.41, 5.74) is 5.70. The molecule has 0 fully saturated rings. The number of anilines is 2. The van der Waals surface area contributed by atoms with Crippen molar-refractivity contribution in [2.45, 2.75) is 26.8 Å². The van der Waals surface area contributed by atoms with Crippen molar-refractivity contribution in [1.82, 2.24) is 29.5 Å². The summed E-state index contributed by atoms with van der Waals surface area (Å²) in [6, 6.07) is 17.9. The van der Waals surface area contributed by atoms with Crippen LogP contribution in [0.25, 0.3) is 22.8 Å². The SMILES string of the molecule is Cc1cccc(-c2ncc(-c3ccnc(Nc4cccc(OCCCn5cnc(C)c5)c4)n3)[nH]2)c1. The normalized spacial score (nSPS) is 10.9. The first-order valence-electron chi connectivity index (χ1n) is 11.6. The van der Waals surface area contributed by atoms with Crippen LogP contribution in [-0.4, -0.2) is 36.1 Å². The predicted molar refractivity (Wildman–Crippen MR) is 137 cm³/mol. The van der Waals surface area contributed by atoms with Gasteiger partial charge in [0.25, 0.3) is 0 Å². The monoisotopic (exact) mass is 465 g/mol. The molecule has 2 N–H and O–H groups in total. The first kappa shape index (κ1) is 22.3. The Kier molecular flexibility index (Phi) is 6.52. The lowest BCUT2D eigenvalue weighted by Gasteiger charge is -2.10. The van der Waals surface area contributed by atoms with E-state index in [-0.39, 0.29) is 0 Å². The highest BCUT2D eigenvalue weighted by Crippen LogP contribution is 2.24. The maximum absolute atomic E-state index is 5.93. The molecule has 0 amide bonds. The van der Waals surface area contributed by atoms with Crippen LogP contribution in [-0.2, 0) is 6.54 Å². The third-order valence-corrected chi connectivity index (χ3v) is 5.48. The zero-order valence-electron chi connectivity index (χ0n) is 19.8. The third kappa shape index (κ3) is 5.73. The number of nitrogens with one attached hydrogen (secondary N) is 2. The molecule has 0 bridgehead atoms. The summed E-state index contributed by atoms with van der Waals surface area (Å²) in [5, 5.41) is 3.27. The second-order valence-corrected chi connectivity index (χ2v) is 8.39. The second kappa shape index (κ2) is 10.2. The van der Waals surface area contributed by atoms with Crippen LogP contribution in [0.5, 0.6) is 5.75 Å². The highest BCUT2D eigenvalue weighted by Gasteiger charge is 2.09. The minimum atomic E-state index is 0.502. The Morgan fingerprint density at radius 3 is 2.77 bits per heavy atom. The van der Waals surface area contributed by atoms with Gasteiger partial charge in [0.2, 0.25) is 5.95 Å². The van der Waals surface area contributed by atoms with Crippen molar-refractivity contribution >= 4 is 11.6 Å². The second-order valence-electron chi connectivity index (χ2n) is 8.39. The Balaban J connectivity index is 1.22. The zero-order chi connectivity index (χ0) is 24.0. The minimum absolute atomic E-state index is 0.502. The maximum Gasteiger partial charge on any atom is 0.227 e. The molecule has 3 aromatic heterocycles. The molecule has 0 radical (unpaired) electrons. The number of hydrogen-bond acceptors (Lipinski definition) is 6. The number of rotatable bonds is 9. The van der Waals surface area contributed by atoms with Gasteiger partial charge in [-0.2, -0.15) is 0 Å². The molecule has 5 aromatic rings. The zero-order valence-corrected chi connectivity index (χ0v) is 19.8. The van der Waals surface area contributed by atoms with Gasteiger partial charge in [-0.25, -0.2) is 19.9 Å². The molecule has 0 saturated heterocycles. The van der Waals surface area contributed by atoms with Crippen LogP contribution in [0.1, 0.15) is 17.7 Å².